The smallest absolute Gasteiger partial charge is 0.398 e. The van der Waals surface area contributed by atoms with E-state index in [9.17, 15) is 13.2 Å². The lowest BCUT2D eigenvalue weighted by Crippen LogP contribution is -2.33. The van der Waals surface area contributed by atoms with Crippen LogP contribution in [0.2, 0.25) is 0 Å². The van der Waals surface area contributed by atoms with Crippen LogP contribution < -0.4 is 21.7 Å². The van der Waals surface area contributed by atoms with Crippen LogP contribution in [0.25, 0.3) is 11.4 Å². The number of anilines is 3. The largest absolute Gasteiger partial charge is 0.416 e. The highest BCUT2D eigenvalue weighted by Gasteiger charge is 2.33. The Morgan fingerprint density at radius 1 is 1.09 bits per heavy atom. The Kier molecular flexibility index (Phi) is 8.47. The highest BCUT2D eigenvalue weighted by atomic mass is 35.5. The first-order valence-corrected chi connectivity index (χ1v) is 10.4. The molecule has 178 valence electrons. The van der Waals surface area contributed by atoms with Crippen LogP contribution in [0.5, 0.6) is 0 Å². The molecule has 32 heavy (non-hydrogen) atoms. The minimum Gasteiger partial charge on any atom is -0.398 e. The molecule has 4 rings (SSSR count). The summed E-state index contributed by atoms with van der Waals surface area (Å²) in [6, 6.07) is 2.21. The van der Waals surface area contributed by atoms with Crippen LogP contribution in [0.15, 0.2) is 12.1 Å². The van der Waals surface area contributed by atoms with Gasteiger partial charge in [0.2, 0.25) is 0 Å². The van der Waals surface area contributed by atoms with Gasteiger partial charge in [-0.2, -0.15) is 13.2 Å². The van der Waals surface area contributed by atoms with Crippen molar-refractivity contribution in [1.29, 1.82) is 0 Å². The second-order valence-corrected chi connectivity index (χ2v) is 8.02. The van der Waals surface area contributed by atoms with Crippen molar-refractivity contribution in [3.8, 4) is 11.4 Å². The molecule has 1 aromatic heterocycles. The zero-order chi connectivity index (χ0) is 21.5. The molecule has 6 nitrogen and oxygen atoms in total. The SMILES string of the molecule is CCNC1CCN(c2nc(-c3c(N)cc(C(F)(F)F)cc3N)nc3c2CCCC3)C1.Cl.Cl. The van der Waals surface area contributed by atoms with Crippen LogP contribution in [0.3, 0.4) is 0 Å². The fourth-order valence-electron chi connectivity index (χ4n) is 4.47. The Morgan fingerprint density at radius 3 is 2.38 bits per heavy atom. The van der Waals surface area contributed by atoms with Crippen LogP contribution in [0, 0.1) is 0 Å². The predicted molar refractivity (Wildman–Crippen MR) is 127 cm³/mol. The molecule has 0 bridgehead atoms. The number of likely N-dealkylation sites (N-methyl/N-ethyl adjacent to an activating group) is 1. The van der Waals surface area contributed by atoms with Crippen LogP contribution in [0.4, 0.5) is 30.4 Å². The van der Waals surface area contributed by atoms with Crippen LogP contribution >= 0.6 is 24.8 Å². The van der Waals surface area contributed by atoms with Crippen LogP contribution in [0.1, 0.15) is 43.0 Å². The lowest BCUT2D eigenvalue weighted by molar-refractivity contribution is -0.137. The fraction of sp³-hybridized carbons (Fsp3) is 0.524. The normalized spacial score (nSPS) is 18.0. The Labute approximate surface area is 198 Å². The Morgan fingerprint density at radius 2 is 1.75 bits per heavy atom. The molecule has 5 N–H and O–H groups in total. The number of benzene rings is 1. The van der Waals surface area contributed by atoms with Crippen molar-refractivity contribution in [2.75, 3.05) is 36.0 Å². The second kappa shape index (κ2) is 10.3. The van der Waals surface area contributed by atoms with Crippen molar-refractivity contribution in [3.63, 3.8) is 0 Å². The molecule has 1 aliphatic carbocycles. The van der Waals surface area contributed by atoms with Gasteiger partial charge in [-0.15, -0.1) is 24.8 Å². The summed E-state index contributed by atoms with van der Waals surface area (Å²) in [6.07, 6.45) is 0.346. The van der Waals surface area contributed by atoms with E-state index in [2.05, 4.69) is 22.1 Å². The van der Waals surface area contributed by atoms with E-state index in [0.717, 1.165) is 80.9 Å². The van der Waals surface area contributed by atoms with Gasteiger partial charge in [-0.1, -0.05) is 6.92 Å². The van der Waals surface area contributed by atoms with Gasteiger partial charge in [0.15, 0.2) is 5.82 Å². The topological polar surface area (TPSA) is 93.1 Å². The summed E-state index contributed by atoms with van der Waals surface area (Å²) in [6.45, 7) is 4.71. The van der Waals surface area contributed by atoms with Crippen molar-refractivity contribution >= 4 is 42.0 Å². The lowest BCUT2D eigenvalue weighted by atomic mass is 9.95. The minimum absolute atomic E-state index is 0. The maximum atomic E-state index is 13.1. The first-order valence-electron chi connectivity index (χ1n) is 10.4. The Balaban J connectivity index is 0.00000181. The highest BCUT2D eigenvalue weighted by molar-refractivity contribution is 5.86. The molecule has 1 aromatic carbocycles. The monoisotopic (exact) mass is 492 g/mol. The summed E-state index contributed by atoms with van der Waals surface area (Å²) >= 11 is 0. The molecule has 2 heterocycles. The van der Waals surface area contributed by atoms with E-state index in [4.69, 9.17) is 16.5 Å². The number of nitrogens with one attached hydrogen (secondary N) is 1. The maximum absolute atomic E-state index is 13.1. The van der Waals surface area contributed by atoms with Crippen molar-refractivity contribution in [1.82, 2.24) is 15.3 Å². The summed E-state index contributed by atoms with van der Waals surface area (Å²) in [5, 5.41) is 3.48. The number of rotatable bonds is 4. The molecular formula is C21H29Cl2F3N6. The first-order chi connectivity index (χ1) is 14.3. The molecule has 1 unspecified atom stereocenters. The summed E-state index contributed by atoms with van der Waals surface area (Å²) in [5.41, 5.74) is 13.4. The van der Waals surface area contributed by atoms with Crippen molar-refractivity contribution in [2.45, 2.75) is 51.2 Å². The van der Waals surface area contributed by atoms with E-state index < -0.39 is 11.7 Å². The van der Waals surface area contributed by atoms with Gasteiger partial charge in [-0.05, 0) is 50.8 Å². The van der Waals surface area contributed by atoms with E-state index in [-0.39, 0.29) is 41.8 Å². The number of alkyl halides is 3. The number of nitrogens with two attached hydrogens (primary N) is 2. The third-order valence-corrected chi connectivity index (χ3v) is 5.89. The molecule has 0 radical (unpaired) electrons. The quantitative estimate of drug-likeness (QED) is 0.552. The van der Waals surface area contributed by atoms with Gasteiger partial charge in [0, 0.05) is 41.8 Å². The van der Waals surface area contributed by atoms with Gasteiger partial charge in [-0.3, -0.25) is 0 Å². The number of hydrogen-bond donors (Lipinski definition) is 3. The molecule has 1 fully saturated rings. The number of hydrogen-bond acceptors (Lipinski definition) is 6. The van der Waals surface area contributed by atoms with Crippen molar-refractivity contribution < 1.29 is 13.2 Å². The maximum Gasteiger partial charge on any atom is 0.416 e. The molecule has 0 saturated carbocycles. The summed E-state index contributed by atoms with van der Waals surface area (Å²) in [5.74, 6) is 1.18. The molecule has 2 aromatic rings. The molecule has 1 atom stereocenters. The predicted octanol–water partition coefficient (Wildman–Crippen LogP) is 4.24. The van der Waals surface area contributed by atoms with Gasteiger partial charge in [-0.25, -0.2) is 9.97 Å². The zero-order valence-electron chi connectivity index (χ0n) is 17.8. The van der Waals surface area contributed by atoms with E-state index >= 15 is 0 Å². The van der Waals surface area contributed by atoms with Crippen LogP contribution in [-0.2, 0) is 19.0 Å². The van der Waals surface area contributed by atoms with Gasteiger partial charge in [0.1, 0.15) is 5.82 Å². The average molecular weight is 493 g/mol. The number of aryl methyl sites for hydroxylation is 1. The van der Waals surface area contributed by atoms with Crippen molar-refractivity contribution in [3.05, 3.63) is 29.0 Å². The van der Waals surface area contributed by atoms with E-state index in [1.165, 1.54) is 0 Å². The Bertz CT molecular complexity index is 931. The van der Waals surface area contributed by atoms with Gasteiger partial charge in [0.05, 0.1) is 11.1 Å². The summed E-state index contributed by atoms with van der Waals surface area (Å²) in [4.78, 5) is 11.7. The van der Waals surface area contributed by atoms with Gasteiger partial charge >= 0.3 is 6.18 Å². The number of nitrogen functional groups attached to an aromatic ring is 2. The van der Waals surface area contributed by atoms with E-state index in [1.54, 1.807) is 0 Å². The van der Waals surface area contributed by atoms with E-state index in [1.807, 2.05) is 0 Å². The molecule has 0 amide bonds. The fourth-order valence-corrected chi connectivity index (χ4v) is 4.47. The number of fused-ring (bicyclic) bond motifs is 1. The molecular weight excluding hydrogens is 464 g/mol. The highest BCUT2D eigenvalue weighted by Crippen LogP contribution is 2.39. The number of nitrogens with zero attached hydrogens (tertiary/aromatic N) is 3. The molecule has 0 spiro atoms. The van der Waals surface area contributed by atoms with Crippen molar-refractivity contribution in [2.24, 2.45) is 0 Å². The summed E-state index contributed by atoms with van der Waals surface area (Å²) < 4.78 is 39.4. The van der Waals surface area contributed by atoms with Gasteiger partial charge < -0.3 is 21.7 Å². The standard InChI is InChI=1S/C21H27F3N6.2ClH/c1-2-27-13-7-8-30(11-13)20-14-5-3-4-6-17(14)28-19(29-20)18-15(25)9-12(10-16(18)26)21(22,23)24;;/h9-10,13,27H,2-8,11,25-26H2,1H3;2*1H. The third kappa shape index (κ3) is 5.15. The second-order valence-electron chi connectivity index (χ2n) is 8.02. The number of aromatic nitrogens is 2. The zero-order valence-corrected chi connectivity index (χ0v) is 19.5. The molecule has 1 aliphatic heterocycles. The lowest BCUT2D eigenvalue weighted by Gasteiger charge is -2.26. The third-order valence-electron chi connectivity index (χ3n) is 5.89. The molecule has 2 aliphatic rings. The van der Waals surface area contributed by atoms with E-state index in [0.29, 0.717) is 11.9 Å². The van der Waals surface area contributed by atoms with Crippen LogP contribution in [-0.4, -0.2) is 35.6 Å². The average Bonchev–Trinajstić information content (AvgIpc) is 3.15. The number of halogens is 5. The Hall–Kier alpha value is -1.97. The minimum atomic E-state index is -4.51. The molecule has 11 heteroatoms. The first kappa shape index (κ1) is 26.3. The molecule has 1 saturated heterocycles. The summed E-state index contributed by atoms with van der Waals surface area (Å²) in [7, 11) is 0. The van der Waals surface area contributed by atoms with Gasteiger partial charge in [0.25, 0.3) is 0 Å².